The summed E-state index contributed by atoms with van der Waals surface area (Å²) >= 11 is 0. The molecule has 0 aliphatic carbocycles. The third-order valence-corrected chi connectivity index (χ3v) is 3.90. The van der Waals surface area contributed by atoms with Crippen LogP contribution in [0.25, 0.3) is 0 Å². The molecule has 0 bridgehead atoms. The van der Waals surface area contributed by atoms with Gasteiger partial charge in [0.25, 0.3) is 5.91 Å². The monoisotopic (exact) mass is 395 g/mol. The van der Waals surface area contributed by atoms with E-state index in [1.807, 2.05) is 6.07 Å². The number of fused-ring (bicyclic) bond motifs is 1. The van der Waals surface area contributed by atoms with E-state index in [4.69, 9.17) is 4.74 Å². The zero-order chi connectivity index (χ0) is 20.6. The van der Waals surface area contributed by atoms with E-state index in [1.165, 1.54) is 13.2 Å². The lowest BCUT2D eigenvalue weighted by Gasteiger charge is -2.07. The molecule has 0 saturated carbocycles. The number of nitrogens with one attached hydrogen (secondary N) is 1. The number of alkyl halides is 3. The van der Waals surface area contributed by atoms with Gasteiger partial charge in [-0.3, -0.25) is 9.59 Å². The number of amides is 1. The van der Waals surface area contributed by atoms with Gasteiger partial charge in [-0.2, -0.15) is 13.2 Å². The highest BCUT2D eigenvalue weighted by Gasteiger charge is 2.31. The Bertz CT molecular complexity index is 807. The fourth-order valence-electron chi connectivity index (χ4n) is 2.43. The molecule has 0 spiro atoms. The summed E-state index contributed by atoms with van der Waals surface area (Å²) < 4.78 is 46.2. The molecule has 1 amide bonds. The van der Waals surface area contributed by atoms with E-state index in [2.05, 4.69) is 10.1 Å². The summed E-state index contributed by atoms with van der Waals surface area (Å²) in [6.45, 7) is 0.775. The number of methoxy groups -OCH3 is 1. The van der Waals surface area contributed by atoms with E-state index in [0.29, 0.717) is 36.4 Å². The lowest BCUT2D eigenvalue weighted by molar-refractivity contribution is -0.140. The van der Waals surface area contributed by atoms with E-state index in [9.17, 15) is 22.8 Å². The third kappa shape index (κ3) is 6.29. The Morgan fingerprint density at radius 2 is 1.86 bits per heavy atom. The maximum atomic E-state index is 12.2. The standard InChI is InChI=1S/C11H13NO3.C9H7F3O/c1-15-10(13)7-8-12-11(14)9-5-3-2-4-6-9;10-9(11,12)7-1-2-8-6(5-7)3-4-13-8/h2-6H,7-8H2,1H3,(H,12,14);1-2,5H,3-4H2. The van der Waals surface area contributed by atoms with Gasteiger partial charge in [-0.25, -0.2) is 0 Å². The van der Waals surface area contributed by atoms with E-state index in [1.54, 1.807) is 24.3 Å². The van der Waals surface area contributed by atoms with Crippen molar-refractivity contribution in [1.29, 1.82) is 0 Å². The Hall–Kier alpha value is -3.03. The molecule has 1 N–H and O–H groups in total. The summed E-state index contributed by atoms with van der Waals surface area (Å²) in [7, 11) is 1.32. The van der Waals surface area contributed by atoms with Crippen LogP contribution in [-0.2, 0) is 22.1 Å². The van der Waals surface area contributed by atoms with Crippen LogP contribution in [0.1, 0.15) is 27.9 Å². The van der Waals surface area contributed by atoms with Gasteiger partial charge in [-0.15, -0.1) is 0 Å². The minimum Gasteiger partial charge on any atom is -0.493 e. The smallest absolute Gasteiger partial charge is 0.416 e. The summed E-state index contributed by atoms with van der Waals surface area (Å²) in [6, 6.07) is 12.4. The van der Waals surface area contributed by atoms with E-state index < -0.39 is 11.7 Å². The molecule has 2 aromatic rings. The number of carbonyl (C=O) groups is 2. The molecule has 0 atom stereocenters. The fourth-order valence-corrected chi connectivity index (χ4v) is 2.43. The van der Waals surface area contributed by atoms with Gasteiger partial charge in [0.05, 0.1) is 25.7 Å². The number of benzene rings is 2. The first kappa shape index (κ1) is 21.3. The van der Waals surface area contributed by atoms with Gasteiger partial charge in [0.2, 0.25) is 0 Å². The van der Waals surface area contributed by atoms with E-state index in [-0.39, 0.29) is 18.3 Å². The first-order valence-electron chi connectivity index (χ1n) is 8.54. The highest BCUT2D eigenvalue weighted by molar-refractivity contribution is 5.94. The van der Waals surface area contributed by atoms with Crippen molar-refractivity contribution in [2.24, 2.45) is 0 Å². The van der Waals surface area contributed by atoms with Crippen molar-refractivity contribution in [2.45, 2.75) is 19.0 Å². The van der Waals surface area contributed by atoms with Crippen molar-refractivity contribution >= 4 is 11.9 Å². The zero-order valence-electron chi connectivity index (χ0n) is 15.2. The molecule has 1 aliphatic heterocycles. The van der Waals surface area contributed by atoms with Crippen molar-refractivity contribution < 1.29 is 32.2 Å². The topological polar surface area (TPSA) is 64.6 Å². The summed E-state index contributed by atoms with van der Waals surface area (Å²) in [6.07, 6.45) is -3.49. The minimum atomic E-state index is -4.25. The van der Waals surface area contributed by atoms with Crippen LogP contribution in [0.3, 0.4) is 0 Å². The van der Waals surface area contributed by atoms with Crippen molar-refractivity contribution in [3.05, 3.63) is 65.2 Å². The Balaban J connectivity index is 0.000000202. The Kier molecular flexibility index (Phi) is 7.43. The number of ether oxygens (including phenoxy) is 2. The second kappa shape index (κ2) is 9.77. The second-order valence-corrected chi connectivity index (χ2v) is 5.87. The van der Waals surface area contributed by atoms with Crippen molar-refractivity contribution in [3.63, 3.8) is 0 Å². The zero-order valence-corrected chi connectivity index (χ0v) is 15.2. The van der Waals surface area contributed by atoms with Gasteiger partial charge in [-0.05, 0) is 35.9 Å². The Morgan fingerprint density at radius 3 is 2.50 bits per heavy atom. The average Bonchev–Trinajstić information content (AvgIpc) is 3.16. The molecule has 0 fully saturated rings. The Labute approximate surface area is 160 Å². The van der Waals surface area contributed by atoms with Gasteiger partial charge in [0, 0.05) is 18.5 Å². The van der Waals surface area contributed by atoms with Gasteiger partial charge >= 0.3 is 12.1 Å². The van der Waals surface area contributed by atoms with Gasteiger partial charge in [0.1, 0.15) is 5.75 Å². The second-order valence-electron chi connectivity index (χ2n) is 5.87. The van der Waals surface area contributed by atoms with Gasteiger partial charge < -0.3 is 14.8 Å². The highest BCUT2D eigenvalue weighted by atomic mass is 19.4. The molecule has 3 rings (SSSR count). The highest BCUT2D eigenvalue weighted by Crippen LogP contribution is 2.34. The summed E-state index contributed by atoms with van der Waals surface area (Å²) in [5.41, 5.74) is 0.633. The van der Waals surface area contributed by atoms with E-state index >= 15 is 0 Å². The van der Waals surface area contributed by atoms with Crippen LogP contribution < -0.4 is 10.1 Å². The summed E-state index contributed by atoms with van der Waals surface area (Å²) in [5.74, 6) is 0.0656. The SMILES string of the molecule is COC(=O)CCNC(=O)c1ccccc1.FC(F)(F)c1ccc2c(c1)CCO2. The van der Waals surface area contributed by atoms with Gasteiger partial charge in [0.15, 0.2) is 0 Å². The molecular weight excluding hydrogens is 375 g/mol. The fraction of sp³-hybridized carbons (Fsp3) is 0.300. The predicted molar refractivity (Wildman–Crippen MR) is 96.1 cm³/mol. The minimum absolute atomic E-state index is 0.181. The van der Waals surface area contributed by atoms with Crippen LogP contribution in [-0.4, -0.2) is 32.1 Å². The average molecular weight is 395 g/mol. The quantitative estimate of drug-likeness (QED) is 0.804. The van der Waals surface area contributed by atoms with Crippen LogP contribution in [0.5, 0.6) is 5.75 Å². The van der Waals surface area contributed by atoms with Crippen molar-refractivity contribution in [2.75, 3.05) is 20.3 Å². The van der Waals surface area contributed by atoms with Crippen LogP contribution >= 0.6 is 0 Å². The van der Waals surface area contributed by atoms with Gasteiger partial charge in [-0.1, -0.05) is 18.2 Å². The molecule has 0 saturated heterocycles. The largest absolute Gasteiger partial charge is 0.493 e. The summed E-state index contributed by atoms with van der Waals surface area (Å²) in [4.78, 5) is 22.2. The molecule has 5 nitrogen and oxygen atoms in total. The van der Waals surface area contributed by atoms with Crippen LogP contribution in [0.2, 0.25) is 0 Å². The van der Waals surface area contributed by atoms with Crippen molar-refractivity contribution in [1.82, 2.24) is 5.32 Å². The van der Waals surface area contributed by atoms with Crippen LogP contribution in [0.4, 0.5) is 13.2 Å². The maximum Gasteiger partial charge on any atom is 0.416 e. The molecular formula is C20H20F3NO4. The molecule has 150 valence electrons. The number of carbonyl (C=O) groups excluding carboxylic acids is 2. The molecule has 0 radical (unpaired) electrons. The first-order chi connectivity index (χ1) is 13.3. The molecule has 0 aromatic heterocycles. The molecule has 28 heavy (non-hydrogen) atoms. The number of halogens is 3. The third-order valence-electron chi connectivity index (χ3n) is 3.90. The van der Waals surface area contributed by atoms with Crippen molar-refractivity contribution in [3.8, 4) is 5.75 Å². The summed E-state index contributed by atoms with van der Waals surface area (Å²) in [5, 5.41) is 2.62. The molecule has 1 aliphatic rings. The lowest BCUT2D eigenvalue weighted by Crippen LogP contribution is -2.26. The molecule has 8 heteroatoms. The Morgan fingerprint density at radius 1 is 1.14 bits per heavy atom. The molecule has 2 aromatic carbocycles. The number of esters is 1. The van der Waals surface area contributed by atoms with E-state index in [0.717, 1.165) is 12.1 Å². The lowest BCUT2D eigenvalue weighted by atomic mass is 10.1. The molecule has 1 heterocycles. The number of hydrogen-bond acceptors (Lipinski definition) is 4. The van der Waals surface area contributed by atoms with Crippen LogP contribution in [0, 0.1) is 0 Å². The first-order valence-corrected chi connectivity index (χ1v) is 8.54. The predicted octanol–water partition coefficient (Wildman–Crippen LogP) is 3.62. The number of hydrogen-bond donors (Lipinski definition) is 1. The maximum absolute atomic E-state index is 12.2. The normalized spacial score (nSPS) is 12.1. The van der Waals surface area contributed by atoms with Crippen LogP contribution in [0.15, 0.2) is 48.5 Å². The number of rotatable bonds is 4. The molecule has 0 unspecified atom stereocenters.